The molecule has 6 heteroatoms. The van der Waals surface area contributed by atoms with Crippen molar-refractivity contribution >= 4 is 16.5 Å². The molecule has 1 aromatic carbocycles. The van der Waals surface area contributed by atoms with Gasteiger partial charge in [-0.3, -0.25) is 4.21 Å². The van der Waals surface area contributed by atoms with E-state index in [-0.39, 0.29) is 17.0 Å². The molecule has 0 aromatic heterocycles. The quantitative estimate of drug-likeness (QED) is 0.840. The van der Waals surface area contributed by atoms with Gasteiger partial charge in [0.1, 0.15) is 0 Å². The predicted molar refractivity (Wildman–Crippen MR) is 67.5 cm³/mol. The Kier molecular flexibility index (Phi) is 5.19. The van der Waals surface area contributed by atoms with Crippen LogP contribution in [0.25, 0.3) is 0 Å². The molecule has 2 N–H and O–H groups in total. The Morgan fingerprint density at radius 1 is 1.33 bits per heavy atom. The Morgan fingerprint density at radius 2 is 2.00 bits per heavy atom. The Bertz CT molecular complexity index is 432. The van der Waals surface area contributed by atoms with Crippen LogP contribution in [0.5, 0.6) is 0 Å². The van der Waals surface area contributed by atoms with Crippen LogP contribution in [-0.4, -0.2) is 9.96 Å². The maximum absolute atomic E-state index is 12.8. The number of hydrogen-bond donors (Lipinski definition) is 1. The molecule has 1 atom stereocenters. The number of alkyl halides is 3. The van der Waals surface area contributed by atoms with Crippen molar-refractivity contribution in [3.63, 3.8) is 0 Å². The van der Waals surface area contributed by atoms with Crippen molar-refractivity contribution in [2.24, 2.45) is 0 Å². The van der Waals surface area contributed by atoms with Crippen molar-refractivity contribution in [1.29, 1.82) is 0 Å². The fourth-order valence-electron chi connectivity index (χ4n) is 1.53. The van der Waals surface area contributed by atoms with Crippen LogP contribution >= 0.6 is 0 Å². The average Bonchev–Trinajstić information content (AvgIpc) is 2.27. The van der Waals surface area contributed by atoms with Gasteiger partial charge in [0.15, 0.2) is 0 Å². The molecule has 0 aliphatic heterocycles. The van der Waals surface area contributed by atoms with Gasteiger partial charge in [-0.15, -0.1) is 0 Å². The summed E-state index contributed by atoms with van der Waals surface area (Å²) < 4.78 is 50.0. The minimum Gasteiger partial charge on any atom is -0.399 e. The maximum Gasteiger partial charge on any atom is 0.416 e. The van der Waals surface area contributed by atoms with Crippen LogP contribution in [0, 0.1) is 0 Å². The third-order valence-corrected chi connectivity index (χ3v) is 3.86. The molecule has 0 bridgehead atoms. The Hall–Kier alpha value is -1.04. The van der Waals surface area contributed by atoms with Gasteiger partial charge in [0, 0.05) is 28.0 Å². The molecule has 0 fully saturated rings. The highest BCUT2D eigenvalue weighted by atomic mass is 32.2. The lowest BCUT2D eigenvalue weighted by atomic mass is 10.1. The van der Waals surface area contributed by atoms with Gasteiger partial charge in [-0.1, -0.05) is 19.4 Å². The first-order valence-electron chi connectivity index (χ1n) is 5.65. The Labute approximate surface area is 107 Å². The van der Waals surface area contributed by atoms with Gasteiger partial charge in [0.25, 0.3) is 0 Å². The Balaban J connectivity index is 2.92. The lowest BCUT2D eigenvalue weighted by Gasteiger charge is -2.13. The standard InChI is InChI=1S/C12H16F3NOS/c1-2-3-6-18(17)8-9-4-5-10(16)7-11(9)12(13,14)15/h4-5,7H,2-3,6,8,16H2,1H3. The zero-order valence-electron chi connectivity index (χ0n) is 10.1. The van der Waals surface area contributed by atoms with Gasteiger partial charge in [-0.2, -0.15) is 13.2 Å². The molecule has 0 amide bonds. The molecule has 0 aliphatic carbocycles. The first-order chi connectivity index (χ1) is 8.34. The minimum absolute atomic E-state index is 0.0473. The van der Waals surface area contributed by atoms with Crippen LogP contribution < -0.4 is 5.73 Å². The Morgan fingerprint density at radius 3 is 2.56 bits per heavy atom. The zero-order chi connectivity index (χ0) is 13.8. The van der Waals surface area contributed by atoms with Gasteiger partial charge in [0.2, 0.25) is 0 Å². The van der Waals surface area contributed by atoms with Gasteiger partial charge in [-0.05, 0) is 24.1 Å². The van der Waals surface area contributed by atoms with Crippen molar-refractivity contribution in [3.05, 3.63) is 29.3 Å². The first-order valence-corrected chi connectivity index (χ1v) is 7.14. The number of nitrogen functional groups attached to an aromatic ring is 1. The monoisotopic (exact) mass is 279 g/mol. The molecule has 0 heterocycles. The van der Waals surface area contributed by atoms with Crippen molar-refractivity contribution in [2.75, 3.05) is 11.5 Å². The number of unbranched alkanes of at least 4 members (excludes halogenated alkanes) is 1. The van der Waals surface area contributed by atoms with Gasteiger partial charge >= 0.3 is 6.18 Å². The number of benzene rings is 1. The fourth-order valence-corrected chi connectivity index (χ4v) is 2.89. The highest BCUT2D eigenvalue weighted by Crippen LogP contribution is 2.33. The summed E-state index contributed by atoms with van der Waals surface area (Å²) in [6, 6.07) is 3.61. The molecule has 0 spiro atoms. The molecule has 18 heavy (non-hydrogen) atoms. The SMILES string of the molecule is CCCCS(=O)Cc1ccc(N)cc1C(F)(F)F. The van der Waals surface area contributed by atoms with Gasteiger partial charge in [-0.25, -0.2) is 0 Å². The smallest absolute Gasteiger partial charge is 0.399 e. The van der Waals surface area contributed by atoms with Crippen molar-refractivity contribution in [3.8, 4) is 0 Å². The molecule has 2 nitrogen and oxygen atoms in total. The van der Waals surface area contributed by atoms with E-state index in [1.165, 1.54) is 12.1 Å². The topological polar surface area (TPSA) is 43.1 Å². The summed E-state index contributed by atoms with van der Waals surface area (Å²) in [7, 11) is -1.26. The van der Waals surface area contributed by atoms with Crippen molar-refractivity contribution in [1.82, 2.24) is 0 Å². The predicted octanol–water partition coefficient (Wildman–Crippen LogP) is 3.34. The van der Waals surface area contributed by atoms with E-state index in [4.69, 9.17) is 5.73 Å². The maximum atomic E-state index is 12.8. The summed E-state index contributed by atoms with van der Waals surface area (Å²) in [5, 5.41) is 0. The van der Waals surface area contributed by atoms with Crippen LogP contribution in [-0.2, 0) is 22.7 Å². The fraction of sp³-hybridized carbons (Fsp3) is 0.500. The van der Waals surface area contributed by atoms with Crippen molar-refractivity contribution in [2.45, 2.75) is 31.7 Å². The summed E-state index contributed by atoms with van der Waals surface area (Å²) in [6.45, 7) is 1.95. The summed E-state index contributed by atoms with van der Waals surface area (Å²) in [6.07, 6.45) is -2.83. The summed E-state index contributed by atoms with van der Waals surface area (Å²) >= 11 is 0. The van der Waals surface area contributed by atoms with Crippen LogP contribution in [0.2, 0.25) is 0 Å². The van der Waals surface area contributed by atoms with Crippen LogP contribution in [0.1, 0.15) is 30.9 Å². The molecule has 0 saturated heterocycles. The molecule has 1 rings (SSSR count). The number of nitrogens with two attached hydrogens (primary N) is 1. The summed E-state index contributed by atoms with van der Waals surface area (Å²) in [5.74, 6) is 0.354. The van der Waals surface area contributed by atoms with Crippen LogP contribution in [0.3, 0.4) is 0 Å². The summed E-state index contributed by atoms with van der Waals surface area (Å²) in [5.41, 5.74) is 4.68. The molecule has 0 saturated carbocycles. The highest BCUT2D eigenvalue weighted by molar-refractivity contribution is 7.84. The second kappa shape index (κ2) is 6.22. The summed E-state index contributed by atoms with van der Waals surface area (Å²) in [4.78, 5) is 0. The average molecular weight is 279 g/mol. The van der Waals surface area contributed by atoms with E-state index in [0.717, 1.165) is 18.9 Å². The second-order valence-electron chi connectivity index (χ2n) is 4.06. The van der Waals surface area contributed by atoms with E-state index < -0.39 is 22.5 Å². The van der Waals surface area contributed by atoms with Crippen molar-refractivity contribution < 1.29 is 17.4 Å². The van der Waals surface area contributed by atoms with Crippen LogP contribution in [0.4, 0.5) is 18.9 Å². The largest absolute Gasteiger partial charge is 0.416 e. The molecular weight excluding hydrogens is 263 g/mol. The number of hydrogen-bond acceptors (Lipinski definition) is 2. The zero-order valence-corrected chi connectivity index (χ0v) is 10.9. The first kappa shape index (κ1) is 15.0. The number of anilines is 1. The van der Waals surface area contributed by atoms with E-state index in [0.29, 0.717) is 5.75 Å². The van der Waals surface area contributed by atoms with E-state index in [1.807, 2.05) is 6.92 Å². The van der Waals surface area contributed by atoms with E-state index >= 15 is 0 Å². The van der Waals surface area contributed by atoms with Gasteiger partial charge < -0.3 is 5.73 Å². The third-order valence-electron chi connectivity index (χ3n) is 2.48. The van der Waals surface area contributed by atoms with Crippen LogP contribution in [0.15, 0.2) is 18.2 Å². The molecule has 0 radical (unpaired) electrons. The lowest BCUT2D eigenvalue weighted by molar-refractivity contribution is -0.138. The van der Waals surface area contributed by atoms with E-state index in [1.54, 1.807) is 0 Å². The normalized spacial score (nSPS) is 13.6. The number of halogens is 3. The van der Waals surface area contributed by atoms with E-state index in [2.05, 4.69) is 0 Å². The molecule has 0 aliphatic rings. The number of rotatable bonds is 5. The van der Waals surface area contributed by atoms with Gasteiger partial charge in [0.05, 0.1) is 5.56 Å². The minimum atomic E-state index is -4.46. The van der Waals surface area contributed by atoms with E-state index in [9.17, 15) is 17.4 Å². The lowest BCUT2D eigenvalue weighted by Crippen LogP contribution is -2.12. The molecule has 1 unspecified atom stereocenters. The molecule has 102 valence electrons. The highest BCUT2D eigenvalue weighted by Gasteiger charge is 2.33. The third kappa shape index (κ3) is 4.33. The second-order valence-corrected chi connectivity index (χ2v) is 5.63. The molecule has 1 aromatic rings. The molecular formula is C12H16F3NOS.